The summed E-state index contributed by atoms with van der Waals surface area (Å²) in [6.45, 7) is 4.81. The Bertz CT molecular complexity index is 2420. The minimum atomic E-state index is -0.931. The molecule has 0 saturated carbocycles. The van der Waals surface area contributed by atoms with Gasteiger partial charge in [-0.15, -0.1) is 0 Å². The minimum absolute atomic E-state index is 0. The molecule has 2 aliphatic heterocycles. The highest BCUT2D eigenvalue weighted by Gasteiger charge is 2.38. The van der Waals surface area contributed by atoms with Crippen LogP contribution in [-0.2, 0) is 23.8 Å². The number of nitrogens with zero attached hydrogens (tertiary/aromatic N) is 3. The Kier molecular flexibility index (Phi) is 16.8. The van der Waals surface area contributed by atoms with Crippen molar-refractivity contribution in [2.45, 2.75) is 63.7 Å². The van der Waals surface area contributed by atoms with Gasteiger partial charge in [0, 0.05) is 42.9 Å². The molecule has 4 heterocycles. The Balaban J connectivity index is 0.00000273. The first-order valence-corrected chi connectivity index (χ1v) is 19.5. The van der Waals surface area contributed by atoms with Crippen molar-refractivity contribution in [3.05, 3.63) is 88.6 Å². The van der Waals surface area contributed by atoms with Crippen LogP contribution in [0.15, 0.2) is 71.7 Å². The third-order valence-corrected chi connectivity index (χ3v) is 11.2. The summed E-state index contributed by atoms with van der Waals surface area (Å²) in [4.78, 5) is 79.6. The molecule has 7 rings (SSSR count). The van der Waals surface area contributed by atoms with Crippen molar-refractivity contribution in [1.82, 2.24) is 35.4 Å². The number of H-pyrrole nitrogens is 2. The molecule has 0 radical (unpaired) electrons. The molecule has 0 aliphatic carbocycles. The molecule has 2 fully saturated rings. The van der Waals surface area contributed by atoms with Crippen LogP contribution in [0.5, 0.6) is 0 Å². The molecule has 2 aliphatic rings. The van der Waals surface area contributed by atoms with Crippen LogP contribution in [0.25, 0.3) is 44.1 Å². The van der Waals surface area contributed by atoms with Crippen molar-refractivity contribution < 1.29 is 33.4 Å². The minimum Gasteiger partial charge on any atom is -0.453 e. The highest BCUT2D eigenvalue weighted by molar-refractivity contribution is 7.59. The quantitative estimate of drug-likeness (QED) is 0.121. The van der Waals surface area contributed by atoms with E-state index in [9.17, 15) is 24.0 Å². The summed E-state index contributed by atoms with van der Waals surface area (Å²) in [6.07, 6.45) is 3.42. The predicted molar refractivity (Wildman–Crippen MR) is 249 cm³/mol. The number of aromatic amines is 2. The number of imidazole rings is 1. The number of alkyl carbamates (subject to hydrolysis) is 2. The number of benzene rings is 3. The van der Waals surface area contributed by atoms with E-state index in [0.29, 0.717) is 41.9 Å². The molecule has 61 heavy (non-hydrogen) atoms. The lowest BCUT2D eigenvalue weighted by Crippen LogP contribution is -2.51. The van der Waals surface area contributed by atoms with Crippen LogP contribution in [0.3, 0.4) is 0 Å². The van der Waals surface area contributed by atoms with Crippen molar-refractivity contribution >= 4 is 86.2 Å². The first kappa shape index (κ1) is 48.5. The molecule has 3 aromatic carbocycles. The Morgan fingerprint density at radius 1 is 0.754 bits per heavy atom. The molecular formula is C43H55N7O8S3. The van der Waals surface area contributed by atoms with Crippen LogP contribution < -0.4 is 16.1 Å². The summed E-state index contributed by atoms with van der Waals surface area (Å²) < 4.78 is 14.7. The third-order valence-electron chi connectivity index (χ3n) is 11.2. The van der Waals surface area contributed by atoms with Gasteiger partial charge in [0.25, 0.3) is 0 Å². The maximum atomic E-state index is 13.6. The Labute approximate surface area is 375 Å². The number of ether oxygens (including phenoxy) is 3. The molecule has 1 unspecified atom stereocenters. The second-order valence-corrected chi connectivity index (χ2v) is 15.2. The molecular weight excluding hydrogens is 839 g/mol. The topological polar surface area (TPSA) is 188 Å². The summed E-state index contributed by atoms with van der Waals surface area (Å²) >= 11 is 0. The number of rotatable bonds is 11. The SMILES string of the molecule is COC[C@H](NC(=O)OC)C(=O)N1CCCC1c1cc(=O)c2ccc(-c3ccc4cc(-c5cnc([C@@H]6CCCN6C(=O)[C@@H](NC(=O)OC)C(C)C)[nH]5)ccc4c3)cc2[nH]1.S.S.S. The maximum Gasteiger partial charge on any atom is 0.407 e. The number of amides is 4. The van der Waals surface area contributed by atoms with Gasteiger partial charge in [-0.1, -0.05) is 44.2 Å². The standard InChI is InChI=1S/C43H49N7O8.3H2S/c1-24(2)38(48-43(55)58-5)41(53)50-17-7-9-36(50)39-44-22-33(46-39)29-13-12-25-18-26(10-11-27(25)19-29)28-14-15-30-31(20-28)45-32(21-37(30)51)35-8-6-16-49(35)40(52)34(23-56-3)47-42(54)57-4;;;/h10-15,18-22,24,34-36,38H,6-9,16-17,23H2,1-5H3,(H,44,46)(H,45,51)(H,47,54)(H,48,55);3*1H2/t34-,35?,36-,38-;;;/m0.../s1. The van der Waals surface area contributed by atoms with Crippen LogP contribution in [0.2, 0.25) is 0 Å². The van der Waals surface area contributed by atoms with E-state index in [4.69, 9.17) is 19.2 Å². The number of methoxy groups -OCH3 is 3. The Morgan fingerprint density at radius 3 is 2.00 bits per heavy atom. The van der Waals surface area contributed by atoms with Crippen molar-refractivity contribution in [2.75, 3.05) is 41.0 Å². The van der Waals surface area contributed by atoms with E-state index in [1.807, 2.05) is 44.2 Å². The molecule has 15 nitrogen and oxygen atoms in total. The number of likely N-dealkylation sites (tertiary alicyclic amines) is 2. The van der Waals surface area contributed by atoms with E-state index >= 15 is 0 Å². The van der Waals surface area contributed by atoms with E-state index in [0.717, 1.165) is 52.4 Å². The number of carbonyl (C=O) groups excluding carboxylic acids is 4. The van der Waals surface area contributed by atoms with E-state index in [1.54, 1.807) is 22.1 Å². The fourth-order valence-electron chi connectivity index (χ4n) is 8.17. The number of fused-ring (bicyclic) bond motifs is 2. The van der Waals surface area contributed by atoms with E-state index in [2.05, 4.69) is 44.9 Å². The summed E-state index contributed by atoms with van der Waals surface area (Å²) in [7, 11) is 3.97. The van der Waals surface area contributed by atoms with E-state index < -0.39 is 24.3 Å². The third kappa shape index (κ3) is 10.3. The molecule has 0 spiro atoms. The number of aromatic nitrogens is 3. The van der Waals surface area contributed by atoms with Crippen LogP contribution in [-0.4, -0.2) is 102 Å². The molecule has 5 aromatic rings. The summed E-state index contributed by atoms with van der Waals surface area (Å²) in [5.74, 6) is 0.112. The molecule has 4 N–H and O–H groups in total. The number of carbonyl (C=O) groups is 4. The molecule has 18 heteroatoms. The predicted octanol–water partition coefficient (Wildman–Crippen LogP) is 6.16. The second-order valence-electron chi connectivity index (χ2n) is 15.2. The van der Waals surface area contributed by atoms with Crippen LogP contribution in [0.4, 0.5) is 9.59 Å². The van der Waals surface area contributed by atoms with Gasteiger partial charge >= 0.3 is 12.2 Å². The average Bonchev–Trinajstić information content (AvgIpc) is 4.03. The fourth-order valence-corrected chi connectivity index (χ4v) is 8.17. The van der Waals surface area contributed by atoms with Gasteiger partial charge < -0.3 is 44.6 Å². The summed E-state index contributed by atoms with van der Waals surface area (Å²) in [5.41, 5.74) is 4.82. The molecule has 2 saturated heterocycles. The monoisotopic (exact) mass is 893 g/mol. The zero-order chi connectivity index (χ0) is 41.1. The number of hydrogen-bond acceptors (Lipinski definition) is 9. The van der Waals surface area contributed by atoms with Gasteiger partial charge in [-0.2, -0.15) is 40.5 Å². The van der Waals surface area contributed by atoms with Crippen molar-refractivity contribution in [2.24, 2.45) is 5.92 Å². The second kappa shape index (κ2) is 21.1. The number of pyridine rings is 1. The molecule has 328 valence electrons. The molecule has 0 bridgehead atoms. The van der Waals surface area contributed by atoms with Crippen molar-refractivity contribution in [1.29, 1.82) is 0 Å². The van der Waals surface area contributed by atoms with Gasteiger partial charge in [-0.25, -0.2) is 14.6 Å². The molecule has 2 aromatic heterocycles. The largest absolute Gasteiger partial charge is 0.453 e. The average molecular weight is 894 g/mol. The highest BCUT2D eigenvalue weighted by atomic mass is 32.1. The van der Waals surface area contributed by atoms with E-state index in [-0.39, 0.29) is 82.3 Å². The summed E-state index contributed by atoms with van der Waals surface area (Å²) in [5, 5.41) is 7.84. The smallest absolute Gasteiger partial charge is 0.407 e. The number of hydrogen-bond donors (Lipinski definition) is 4. The maximum absolute atomic E-state index is 13.6. The fraction of sp³-hybridized carbons (Fsp3) is 0.395. The van der Waals surface area contributed by atoms with Crippen LogP contribution in [0.1, 0.15) is 63.1 Å². The van der Waals surface area contributed by atoms with Gasteiger partial charge in [0.2, 0.25) is 11.8 Å². The van der Waals surface area contributed by atoms with Gasteiger partial charge in [0.15, 0.2) is 5.43 Å². The van der Waals surface area contributed by atoms with E-state index in [1.165, 1.54) is 21.3 Å². The first-order valence-electron chi connectivity index (χ1n) is 19.5. The van der Waals surface area contributed by atoms with Gasteiger partial charge in [0.05, 0.1) is 50.3 Å². The highest BCUT2D eigenvalue weighted by Crippen LogP contribution is 2.35. The van der Waals surface area contributed by atoms with Crippen molar-refractivity contribution in [3.63, 3.8) is 0 Å². The van der Waals surface area contributed by atoms with Crippen LogP contribution in [0, 0.1) is 5.92 Å². The lowest BCUT2D eigenvalue weighted by Gasteiger charge is -2.30. The zero-order valence-corrected chi connectivity index (χ0v) is 37.8. The Morgan fingerprint density at radius 2 is 1.34 bits per heavy atom. The van der Waals surface area contributed by atoms with Gasteiger partial charge in [0.1, 0.15) is 17.9 Å². The molecule has 4 amide bonds. The van der Waals surface area contributed by atoms with Crippen molar-refractivity contribution in [3.8, 4) is 22.4 Å². The molecule has 4 atom stereocenters. The Hall–Kier alpha value is -5.17. The van der Waals surface area contributed by atoms with Gasteiger partial charge in [-0.05, 0) is 77.8 Å². The zero-order valence-electron chi connectivity index (χ0n) is 34.8. The normalized spacial score (nSPS) is 16.9. The lowest BCUT2D eigenvalue weighted by molar-refractivity contribution is -0.136. The summed E-state index contributed by atoms with van der Waals surface area (Å²) in [6, 6.07) is 17.4. The first-order chi connectivity index (χ1) is 28.0. The lowest BCUT2D eigenvalue weighted by atomic mass is 9.98. The van der Waals surface area contributed by atoms with Crippen LogP contribution >= 0.6 is 40.5 Å². The number of nitrogens with one attached hydrogen (secondary N) is 4. The van der Waals surface area contributed by atoms with Gasteiger partial charge in [-0.3, -0.25) is 14.4 Å².